The van der Waals surface area contributed by atoms with Gasteiger partial charge in [-0.2, -0.15) is 0 Å². The minimum Gasteiger partial charge on any atom is -0.423 e. The van der Waals surface area contributed by atoms with E-state index < -0.39 is 28.7 Å². The predicted molar refractivity (Wildman–Crippen MR) is 81.5 cm³/mol. The van der Waals surface area contributed by atoms with Crippen LogP contribution in [0.5, 0.6) is 0 Å². The van der Waals surface area contributed by atoms with E-state index in [1.807, 2.05) is 0 Å². The summed E-state index contributed by atoms with van der Waals surface area (Å²) in [5.41, 5.74) is 0.0897. The zero-order valence-electron chi connectivity index (χ0n) is 12.0. The average molecular weight is 315 g/mol. The number of halogens is 2. The normalized spacial score (nSPS) is 10.7. The monoisotopic (exact) mass is 315 g/mol. The number of carbonyl (C=O) groups excluding carboxylic acids is 1. The lowest BCUT2D eigenvalue weighted by molar-refractivity contribution is 0.101. The van der Waals surface area contributed by atoms with Crippen molar-refractivity contribution < 1.29 is 18.0 Å². The maximum Gasteiger partial charge on any atom is 0.336 e. The molecular weight excluding hydrogens is 304 g/mol. The number of rotatable bonds is 2. The second-order valence-corrected chi connectivity index (χ2v) is 5.01. The number of hydrogen-bond donors (Lipinski definition) is 1. The molecule has 0 atom stereocenters. The van der Waals surface area contributed by atoms with E-state index in [0.29, 0.717) is 5.39 Å². The van der Waals surface area contributed by atoms with Crippen molar-refractivity contribution in [3.05, 3.63) is 75.6 Å². The molecule has 3 aromatic rings. The zero-order chi connectivity index (χ0) is 16.6. The molecule has 1 aromatic heterocycles. The lowest BCUT2D eigenvalue weighted by Gasteiger charge is -2.08. The molecule has 3 rings (SSSR count). The van der Waals surface area contributed by atoms with Gasteiger partial charge in [0.25, 0.3) is 5.91 Å². The van der Waals surface area contributed by atoms with Gasteiger partial charge in [-0.15, -0.1) is 0 Å². The van der Waals surface area contributed by atoms with Gasteiger partial charge in [0.2, 0.25) is 0 Å². The number of nitrogens with one attached hydrogen (secondary N) is 1. The summed E-state index contributed by atoms with van der Waals surface area (Å²) in [6.45, 7) is 1.76. The van der Waals surface area contributed by atoms with Crippen molar-refractivity contribution >= 4 is 22.6 Å². The molecule has 116 valence electrons. The van der Waals surface area contributed by atoms with Crippen LogP contribution in [0.2, 0.25) is 0 Å². The molecule has 23 heavy (non-hydrogen) atoms. The van der Waals surface area contributed by atoms with Crippen molar-refractivity contribution in [3.63, 3.8) is 0 Å². The smallest absolute Gasteiger partial charge is 0.336 e. The fraction of sp³-hybridized carbons (Fsp3) is 0.0588. The summed E-state index contributed by atoms with van der Waals surface area (Å²) >= 11 is 0. The third kappa shape index (κ3) is 2.83. The van der Waals surface area contributed by atoms with Crippen LogP contribution in [-0.2, 0) is 0 Å². The van der Waals surface area contributed by atoms with Crippen molar-refractivity contribution in [2.24, 2.45) is 0 Å². The highest BCUT2D eigenvalue weighted by Crippen LogP contribution is 2.22. The first-order valence-electron chi connectivity index (χ1n) is 6.75. The summed E-state index contributed by atoms with van der Waals surface area (Å²) in [5.74, 6) is -2.83. The van der Waals surface area contributed by atoms with E-state index >= 15 is 0 Å². The molecule has 0 saturated carbocycles. The van der Waals surface area contributed by atoms with Gasteiger partial charge >= 0.3 is 5.63 Å². The molecule has 0 aliphatic heterocycles. The highest BCUT2D eigenvalue weighted by atomic mass is 19.1. The summed E-state index contributed by atoms with van der Waals surface area (Å²) in [6, 6.07) is 9.18. The van der Waals surface area contributed by atoms with Crippen LogP contribution >= 0.6 is 0 Å². The van der Waals surface area contributed by atoms with E-state index in [9.17, 15) is 18.4 Å². The number of amides is 1. The third-order valence-electron chi connectivity index (χ3n) is 3.40. The van der Waals surface area contributed by atoms with Gasteiger partial charge in [0.05, 0.1) is 0 Å². The van der Waals surface area contributed by atoms with Crippen molar-refractivity contribution in [2.45, 2.75) is 6.92 Å². The van der Waals surface area contributed by atoms with E-state index in [2.05, 4.69) is 5.32 Å². The molecule has 1 N–H and O–H groups in total. The van der Waals surface area contributed by atoms with Gasteiger partial charge in [-0.1, -0.05) is 6.07 Å². The first-order chi connectivity index (χ1) is 11.0. The number of hydrogen-bond acceptors (Lipinski definition) is 3. The summed E-state index contributed by atoms with van der Waals surface area (Å²) < 4.78 is 32.3. The Hall–Kier alpha value is -3.02. The first-order valence-corrected chi connectivity index (χ1v) is 6.75. The number of aryl methyl sites for hydroxylation is 1. The van der Waals surface area contributed by atoms with Gasteiger partial charge in [-0.25, -0.2) is 13.6 Å². The lowest BCUT2D eigenvalue weighted by atomic mass is 10.1. The van der Waals surface area contributed by atoms with Gasteiger partial charge < -0.3 is 9.73 Å². The van der Waals surface area contributed by atoms with E-state index in [0.717, 1.165) is 17.7 Å². The second-order valence-electron chi connectivity index (χ2n) is 5.01. The van der Waals surface area contributed by atoms with Crippen LogP contribution in [0, 0.1) is 18.6 Å². The fourth-order valence-electron chi connectivity index (χ4n) is 2.31. The topological polar surface area (TPSA) is 59.3 Å². The van der Waals surface area contributed by atoms with Crippen molar-refractivity contribution in [2.75, 3.05) is 5.32 Å². The van der Waals surface area contributed by atoms with E-state index in [4.69, 9.17) is 4.42 Å². The maximum absolute atomic E-state index is 13.6. The number of benzene rings is 2. The zero-order valence-corrected chi connectivity index (χ0v) is 12.0. The molecule has 1 heterocycles. The van der Waals surface area contributed by atoms with Gasteiger partial charge in [-0.3, -0.25) is 4.79 Å². The molecule has 2 aromatic carbocycles. The Balaban J connectivity index is 1.98. The molecule has 0 spiro atoms. The summed E-state index contributed by atoms with van der Waals surface area (Å²) in [7, 11) is 0. The molecular formula is C17H11F2NO3. The van der Waals surface area contributed by atoms with Crippen LogP contribution in [0.15, 0.2) is 51.7 Å². The Kier molecular flexibility index (Phi) is 3.65. The Morgan fingerprint density at radius 3 is 2.48 bits per heavy atom. The van der Waals surface area contributed by atoms with Gasteiger partial charge in [0, 0.05) is 23.2 Å². The predicted octanol–water partition coefficient (Wildman–Crippen LogP) is 3.63. The fourth-order valence-corrected chi connectivity index (χ4v) is 2.31. The van der Waals surface area contributed by atoms with Crippen LogP contribution in [0.3, 0.4) is 0 Å². The van der Waals surface area contributed by atoms with Gasteiger partial charge in [-0.05, 0) is 36.8 Å². The summed E-state index contributed by atoms with van der Waals surface area (Å²) in [6.07, 6.45) is 0. The minimum atomic E-state index is -0.953. The maximum atomic E-state index is 13.6. The van der Waals surface area contributed by atoms with Crippen molar-refractivity contribution in [3.8, 4) is 0 Å². The van der Waals surface area contributed by atoms with Gasteiger partial charge in [0.15, 0.2) is 0 Å². The Labute approximate surface area is 129 Å². The number of fused-ring (bicyclic) bond motifs is 1. The quantitative estimate of drug-likeness (QED) is 0.735. The van der Waals surface area contributed by atoms with Crippen LogP contribution < -0.4 is 10.9 Å². The van der Waals surface area contributed by atoms with E-state index in [1.165, 1.54) is 18.2 Å². The lowest BCUT2D eigenvalue weighted by Crippen LogP contribution is -2.15. The number of carbonyl (C=O) groups is 1. The highest BCUT2D eigenvalue weighted by molar-refractivity contribution is 6.05. The molecule has 0 saturated heterocycles. The molecule has 4 nitrogen and oxygen atoms in total. The first kappa shape index (κ1) is 14.9. The molecule has 6 heteroatoms. The largest absolute Gasteiger partial charge is 0.423 e. The molecule has 1 amide bonds. The SMILES string of the molecule is Cc1cc(=O)oc2cc(NC(=O)c3c(F)cccc3F)ccc12. The molecule has 0 unspecified atom stereocenters. The van der Waals surface area contributed by atoms with Crippen molar-refractivity contribution in [1.29, 1.82) is 0 Å². The van der Waals surface area contributed by atoms with Crippen LogP contribution in [-0.4, -0.2) is 5.91 Å². The second kappa shape index (κ2) is 5.64. The van der Waals surface area contributed by atoms with Crippen LogP contribution in [0.1, 0.15) is 15.9 Å². The Bertz CT molecular complexity index is 959. The standard InChI is InChI=1S/C17H11F2NO3/c1-9-7-15(21)23-14-8-10(5-6-11(9)14)20-17(22)16-12(18)3-2-4-13(16)19/h2-8H,1H3,(H,20,22). The Morgan fingerprint density at radius 2 is 1.78 bits per heavy atom. The molecule has 0 aliphatic carbocycles. The average Bonchev–Trinajstić information content (AvgIpc) is 2.46. The summed E-state index contributed by atoms with van der Waals surface area (Å²) in [5, 5.41) is 3.10. The number of anilines is 1. The summed E-state index contributed by atoms with van der Waals surface area (Å²) in [4.78, 5) is 23.4. The third-order valence-corrected chi connectivity index (χ3v) is 3.40. The van der Waals surface area contributed by atoms with Crippen LogP contribution in [0.4, 0.5) is 14.5 Å². The Morgan fingerprint density at radius 1 is 1.09 bits per heavy atom. The highest BCUT2D eigenvalue weighted by Gasteiger charge is 2.17. The van der Waals surface area contributed by atoms with Crippen LogP contribution in [0.25, 0.3) is 11.0 Å². The van der Waals surface area contributed by atoms with E-state index in [-0.39, 0.29) is 11.3 Å². The molecule has 0 radical (unpaired) electrons. The molecule has 0 aliphatic rings. The van der Waals surface area contributed by atoms with Crippen molar-refractivity contribution in [1.82, 2.24) is 0 Å². The van der Waals surface area contributed by atoms with Gasteiger partial charge in [0.1, 0.15) is 22.8 Å². The van der Waals surface area contributed by atoms with E-state index in [1.54, 1.807) is 19.1 Å². The molecule has 0 bridgehead atoms. The molecule has 0 fully saturated rings. The minimum absolute atomic E-state index is 0.263.